The predicted octanol–water partition coefficient (Wildman–Crippen LogP) is 2.74. The smallest absolute Gasteiger partial charge is 0.339 e. The number of hydrogen-bond acceptors (Lipinski definition) is 3. The molecule has 146 valence electrons. The van der Waals surface area contributed by atoms with Crippen molar-refractivity contribution in [1.82, 2.24) is 5.32 Å². The Morgan fingerprint density at radius 1 is 1.30 bits per heavy atom. The van der Waals surface area contributed by atoms with Gasteiger partial charge >= 0.3 is 5.97 Å². The highest BCUT2D eigenvalue weighted by Gasteiger charge is 2.48. The number of likely N-dealkylation sites (N-methyl/N-ethyl adjacent to an activating group) is 1. The van der Waals surface area contributed by atoms with Crippen molar-refractivity contribution in [2.75, 3.05) is 33.2 Å². The molecule has 1 aromatic rings. The van der Waals surface area contributed by atoms with Gasteiger partial charge in [0.05, 0.1) is 38.8 Å². The van der Waals surface area contributed by atoms with Crippen molar-refractivity contribution in [3.8, 4) is 0 Å². The molecule has 0 bridgehead atoms. The lowest BCUT2D eigenvalue weighted by atomic mass is 9.74. The zero-order valence-electron chi connectivity index (χ0n) is 15.9. The standard InChI is InChI=1S/C21H27FN2O3/c1-24(11-2-3-12-24)13-10-23-19(25)15-6-8-21(9-7-15)18-5-4-16(22)14-17(18)20(26)27-21/h4-5,14-15H,2-3,6-13H2,1H3/p+1. The van der Waals surface area contributed by atoms with Crippen molar-refractivity contribution < 1.29 is 23.2 Å². The molecular weight excluding hydrogens is 347 g/mol. The normalized spacial score (nSPS) is 28.8. The number of esters is 1. The van der Waals surface area contributed by atoms with Gasteiger partial charge in [0.2, 0.25) is 5.91 Å². The molecule has 6 heteroatoms. The highest BCUT2D eigenvalue weighted by Crippen LogP contribution is 2.48. The first-order chi connectivity index (χ1) is 12.9. The van der Waals surface area contributed by atoms with Crippen LogP contribution in [0.1, 0.15) is 54.4 Å². The number of carbonyl (C=O) groups is 2. The number of hydrogen-bond donors (Lipinski definition) is 1. The maximum absolute atomic E-state index is 13.5. The van der Waals surface area contributed by atoms with Gasteiger partial charge in [-0.15, -0.1) is 0 Å². The van der Waals surface area contributed by atoms with Crippen LogP contribution < -0.4 is 5.32 Å². The summed E-state index contributed by atoms with van der Waals surface area (Å²) in [5.74, 6) is -0.804. The molecule has 27 heavy (non-hydrogen) atoms. The fourth-order valence-corrected chi connectivity index (χ4v) is 5.00. The van der Waals surface area contributed by atoms with E-state index in [0.717, 1.165) is 16.6 Å². The molecule has 0 aromatic heterocycles. The van der Waals surface area contributed by atoms with Crippen molar-refractivity contribution in [3.05, 3.63) is 35.1 Å². The molecule has 1 saturated carbocycles. The van der Waals surface area contributed by atoms with Gasteiger partial charge in [0.1, 0.15) is 11.4 Å². The first-order valence-electron chi connectivity index (χ1n) is 10.1. The van der Waals surface area contributed by atoms with Crippen molar-refractivity contribution >= 4 is 11.9 Å². The number of quaternary nitrogens is 1. The fourth-order valence-electron chi connectivity index (χ4n) is 5.00. The maximum Gasteiger partial charge on any atom is 0.339 e. The number of amides is 1. The minimum atomic E-state index is -0.675. The number of fused-ring (bicyclic) bond motifs is 2. The van der Waals surface area contributed by atoms with E-state index in [0.29, 0.717) is 37.8 Å². The van der Waals surface area contributed by atoms with Crippen LogP contribution in [-0.4, -0.2) is 49.6 Å². The Labute approximate surface area is 159 Å². The molecule has 0 unspecified atom stereocenters. The highest BCUT2D eigenvalue weighted by atomic mass is 19.1. The van der Waals surface area contributed by atoms with Crippen LogP contribution in [0.15, 0.2) is 18.2 Å². The molecule has 2 aliphatic heterocycles. The van der Waals surface area contributed by atoms with Crippen LogP contribution in [0.4, 0.5) is 4.39 Å². The summed E-state index contributed by atoms with van der Waals surface area (Å²) < 4.78 is 20.2. The second-order valence-electron chi connectivity index (χ2n) is 8.64. The third kappa shape index (κ3) is 3.47. The van der Waals surface area contributed by atoms with Crippen molar-refractivity contribution in [2.24, 2.45) is 5.92 Å². The second-order valence-corrected chi connectivity index (χ2v) is 8.64. The maximum atomic E-state index is 13.5. The summed E-state index contributed by atoms with van der Waals surface area (Å²) in [5, 5.41) is 3.11. The Bertz CT molecular complexity index is 750. The first kappa shape index (κ1) is 18.4. The van der Waals surface area contributed by atoms with Gasteiger partial charge in [-0.05, 0) is 37.8 Å². The zero-order valence-corrected chi connectivity index (χ0v) is 15.9. The van der Waals surface area contributed by atoms with Gasteiger partial charge in [-0.25, -0.2) is 9.18 Å². The predicted molar refractivity (Wildman–Crippen MR) is 98.5 cm³/mol. The van der Waals surface area contributed by atoms with Gasteiger partial charge in [-0.3, -0.25) is 4.79 Å². The van der Waals surface area contributed by atoms with E-state index in [1.54, 1.807) is 6.07 Å². The molecule has 1 aromatic carbocycles. The summed E-state index contributed by atoms with van der Waals surface area (Å²) in [5.41, 5.74) is 0.435. The van der Waals surface area contributed by atoms with Gasteiger partial charge in [0.25, 0.3) is 0 Å². The van der Waals surface area contributed by atoms with Crippen LogP contribution in [0.3, 0.4) is 0 Å². The Morgan fingerprint density at radius 3 is 2.70 bits per heavy atom. The number of benzene rings is 1. The summed E-state index contributed by atoms with van der Waals surface area (Å²) >= 11 is 0. The Balaban J connectivity index is 1.33. The van der Waals surface area contributed by atoms with Gasteiger partial charge in [0, 0.05) is 24.3 Å². The molecule has 0 atom stereocenters. The van der Waals surface area contributed by atoms with E-state index in [2.05, 4.69) is 12.4 Å². The van der Waals surface area contributed by atoms with Crippen molar-refractivity contribution in [3.63, 3.8) is 0 Å². The summed E-state index contributed by atoms with van der Waals surface area (Å²) in [7, 11) is 2.26. The monoisotopic (exact) mass is 375 g/mol. The average Bonchev–Trinajstić information content (AvgIpc) is 3.18. The summed E-state index contributed by atoms with van der Waals surface area (Å²) in [4.78, 5) is 24.7. The van der Waals surface area contributed by atoms with E-state index in [1.807, 2.05) is 0 Å². The van der Waals surface area contributed by atoms with Crippen LogP contribution >= 0.6 is 0 Å². The lowest BCUT2D eigenvalue weighted by Crippen LogP contribution is -2.47. The van der Waals surface area contributed by atoms with Crippen LogP contribution in [0.5, 0.6) is 0 Å². The second kappa shape index (κ2) is 6.89. The van der Waals surface area contributed by atoms with Gasteiger partial charge in [-0.2, -0.15) is 0 Å². The summed E-state index contributed by atoms with van der Waals surface area (Å²) in [6.07, 6.45) is 5.15. The molecule has 1 saturated heterocycles. The molecule has 4 rings (SSSR count). The number of ether oxygens (including phenoxy) is 1. The zero-order chi connectivity index (χ0) is 19.1. The third-order valence-electron chi connectivity index (χ3n) is 6.74. The molecule has 2 heterocycles. The van der Waals surface area contributed by atoms with Crippen molar-refractivity contribution in [1.29, 1.82) is 0 Å². The third-order valence-corrected chi connectivity index (χ3v) is 6.74. The van der Waals surface area contributed by atoms with Crippen LogP contribution in [0.2, 0.25) is 0 Å². The van der Waals surface area contributed by atoms with Gasteiger partial charge in [-0.1, -0.05) is 6.07 Å². The number of carbonyl (C=O) groups excluding carboxylic acids is 2. The largest absolute Gasteiger partial charge is 0.451 e. The van der Waals surface area contributed by atoms with E-state index in [4.69, 9.17) is 4.74 Å². The molecule has 0 radical (unpaired) electrons. The Kier molecular flexibility index (Phi) is 4.70. The van der Waals surface area contributed by atoms with Gasteiger partial charge < -0.3 is 14.5 Å². The Morgan fingerprint density at radius 2 is 2.00 bits per heavy atom. The van der Waals surface area contributed by atoms with E-state index < -0.39 is 17.4 Å². The lowest BCUT2D eigenvalue weighted by molar-refractivity contribution is -0.896. The van der Waals surface area contributed by atoms with Crippen LogP contribution in [-0.2, 0) is 15.1 Å². The number of likely N-dealkylation sites (tertiary alicyclic amines) is 1. The van der Waals surface area contributed by atoms with Crippen molar-refractivity contribution in [2.45, 2.75) is 44.1 Å². The summed E-state index contributed by atoms with van der Waals surface area (Å²) in [6.45, 7) is 4.10. The molecule has 1 spiro atoms. The molecule has 3 aliphatic rings. The number of nitrogens with one attached hydrogen (secondary N) is 1. The topological polar surface area (TPSA) is 55.4 Å². The minimum Gasteiger partial charge on any atom is -0.451 e. The Hall–Kier alpha value is -1.95. The molecule has 1 N–H and O–H groups in total. The van der Waals surface area contributed by atoms with Crippen LogP contribution in [0, 0.1) is 11.7 Å². The molecule has 1 aliphatic carbocycles. The SMILES string of the molecule is C[N+]1(CCNC(=O)C2CCC3(CC2)OC(=O)c2cc(F)ccc23)CCCC1. The summed E-state index contributed by atoms with van der Waals surface area (Å²) in [6, 6.07) is 4.30. The minimum absolute atomic E-state index is 0.0392. The average molecular weight is 375 g/mol. The van der Waals surface area contributed by atoms with E-state index in [9.17, 15) is 14.0 Å². The molecule has 1 amide bonds. The number of rotatable bonds is 4. The van der Waals surface area contributed by atoms with E-state index in [1.165, 1.54) is 38.1 Å². The van der Waals surface area contributed by atoms with Crippen LogP contribution in [0.25, 0.3) is 0 Å². The number of nitrogens with zero attached hydrogens (tertiary/aromatic N) is 1. The fraction of sp³-hybridized carbons (Fsp3) is 0.619. The van der Waals surface area contributed by atoms with Gasteiger partial charge in [0.15, 0.2) is 0 Å². The molecule has 2 fully saturated rings. The molecule has 5 nitrogen and oxygen atoms in total. The number of halogens is 1. The lowest BCUT2D eigenvalue weighted by Gasteiger charge is -2.36. The highest BCUT2D eigenvalue weighted by molar-refractivity contribution is 5.94. The van der Waals surface area contributed by atoms with E-state index in [-0.39, 0.29) is 11.8 Å². The molecular formula is C21H28FN2O3+. The first-order valence-corrected chi connectivity index (χ1v) is 10.1. The quantitative estimate of drug-likeness (QED) is 0.650. The van der Waals surface area contributed by atoms with E-state index >= 15 is 0 Å².